The summed E-state index contributed by atoms with van der Waals surface area (Å²) in [6, 6.07) is 10.1. The maximum Gasteiger partial charge on any atom is 0.165 e. The molecule has 0 spiro atoms. The van der Waals surface area contributed by atoms with Crippen molar-refractivity contribution >= 4 is 22.8 Å². The van der Waals surface area contributed by atoms with Gasteiger partial charge in [0.15, 0.2) is 11.4 Å². The maximum absolute atomic E-state index is 12.9. The minimum atomic E-state index is 0.156. The highest BCUT2D eigenvalue weighted by atomic mass is 32.1. The Hall–Kier alpha value is -2.90. The number of carbonyl (C=O) groups excluding carboxylic acids is 1. The molecule has 1 N–H and O–H groups in total. The van der Waals surface area contributed by atoms with Crippen molar-refractivity contribution in [2.75, 3.05) is 6.54 Å². The Labute approximate surface area is 179 Å². The van der Waals surface area contributed by atoms with Gasteiger partial charge in [0.1, 0.15) is 0 Å². The number of ketones is 1. The zero-order valence-electron chi connectivity index (χ0n) is 16.8. The first-order chi connectivity index (χ1) is 14.7. The van der Waals surface area contributed by atoms with Gasteiger partial charge in [-0.25, -0.2) is 9.50 Å². The van der Waals surface area contributed by atoms with Gasteiger partial charge in [0, 0.05) is 30.4 Å². The molecule has 6 nitrogen and oxygen atoms in total. The molecule has 0 bridgehead atoms. The van der Waals surface area contributed by atoms with E-state index in [2.05, 4.69) is 28.4 Å². The topological polar surface area (TPSA) is 72.2 Å². The van der Waals surface area contributed by atoms with Crippen LogP contribution >= 0.6 is 11.3 Å². The number of carbonyl (C=O) groups is 1. The zero-order valence-corrected chi connectivity index (χ0v) is 17.6. The second-order valence-electron chi connectivity index (χ2n) is 7.85. The van der Waals surface area contributed by atoms with Gasteiger partial charge in [0.2, 0.25) is 0 Å². The molecule has 1 saturated heterocycles. The molecule has 0 radical (unpaired) electrons. The van der Waals surface area contributed by atoms with Crippen molar-refractivity contribution < 1.29 is 4.79 Å². The molecule has 1 aliphatic heterocycles. The number of pyridine rings is 1. The molecule has 1 aliphatic rings. The predicted molar refractivity (Wildman–Crippen MR) is 119 cm³/mol. The van der Waals surface area contributed by atoms with Crippen LogP contribution in [0.2, 0.25) is 0 Å². The summed E-state index contributed by atoms with van der Waals surface area (Å²) < 4.78 is 1.75. The van der Waals surface area contributed by atoms with Gasteiger partial charge < -0.3 is 5.32 Å². The molecular formula is C23H23N5OS. The van der Waals surface area contributed by atoms with E-state index >= 15 is 0 Å². The molecule has 30 heavy (non-hydrogen) atoms. The molecule has 1 fully saturated rings. The first-order valence-corrected chi connectivity index (χ1v) is 11.2. The fourth-order valence-electron chi connectivity index (χ4n) is 4.11. The third-order valence-corrected chi connectivity index (χ3v) is 6.69. The van der Waals surface area contributed by atoms with Crippen molar-refractivity contribution in [3.63, 3.8) is 0 Å². The first kappa shape index (κ1) is 19.1. The molecule has 7 heteroatoms. The van der Waals surface area contributed by atoms with Crippen molar-refractivity contribution in [2.45, 2.75) is 32.2 Å². The molecule has 5 rings (SSSR count). The highest BCUT2D eigenvalue weighted by Gasteiger charge is 2.23. The molecule has 152 valence electrons. The number of thiophene rings is 1. The van der Waals surface area contributed by atoms with Gasteiger partial charge in [-0.1, -0.05) is 13.0 Å². The minimum Gasteiger partial charge on any atom is -0.314 e. The Morgan fingerprint density at radius 3 is 3.07 bits per heavy atom. The quantitative estimate of drug-likeness (QED) is 0.468. The third-order valence-electron chi connectivity index (χ3n) is 5.79. The van der Waals surface area contributed by atoms with E-state index in [0.29, 0.717) is 23.9 Å². The Morgan fingerprint density at radius 1 is 1.33 bits per heavy atom. The fourth-order valence-corrected chi connectivity index (χ4v) is 4.81. The highest BCUT2D eigenvalue weighted by Crippen LogP contribution is 2.27. The van der Waals surface area contributed by atoms with Gasteiger partial charge in [-0.3, -0.25) is 9.78 Å². The second kappa shape index (κ2) is 8.08. The molecule has 0 aliphatic carbocycles. The van der Waals surface area contributed by atoms with Crippen LogP contribution in [0.15, 0.2) is 54.3 Å². The minimum absolute atomic E-state index is 0.156. The monoisotopic (exact) mass is 417 g/mol. The molecule has 2 atom stereocenters. The number of nitrogens with one attached hydrogen (secondary N) is 1. The number of aromatic nitrogens is 4. The largest absolute Gasteiger partial charge is 0.314 e. The highest BCUT2D eigenvalue weighted by molar-refractivity contribution is 7.13. The van der Waals surface area contributed by atoms with Gasteiger partial charge in [-0.2, -0.15) is 5.10 Å². The number of fused-ring (bicyclic) bond motifs is 1. The van der Waals surface area contributed by atoms with E-state index in [1.165, 1.54) is 6.42 Å². The zero-order chi connectivity index (χ0) is 20.5. The van der Waals surface area contributed by atoms with Crippen LogP contribution in [-0.2, 0) is 0 Å². The molecule has 0 aromatic carbocycles. The normalized spacial score (nSPS) is 17.4. The van der Waals surface area contributed by atoms with Gasteiger partial charge >= 0.3 is 0 Å². The summed E-state index contributed by atoms with van der Waals surface area (Å²) >= 11 is 1.65. The average molecular weight is 418 g/mol. The van der Waals surface area contributed by atoms with E-state index in [9.17, 15) is 4.79 Å². The summed E-state index contributed by atoms with van der Waals surface area (Å²) in [5.74, 6) is 0.479. The van der Waals surface area contributed by atoms with E-state index < -0.39 is 0 Å². The number of rotatable bonds is 6. The number of Topliss-reactive ketones (excluding diaryl/α,β-unsaturated/α-hetero) is 1. The van der Waals surface area contributed by atoms with Crippen LogP contribution in [0.3, 0.4) is 0 Å². The van der Waals surface area contributed by atoms with Gasteiger partial charge in [0.05, 0.1) is 28.0 Å². The Balaban J connectivity index is 1.44. The lowest BCUT2D eigenvalue weighted by Crippen LogP contribution is -2.30. The predicted octanol–water partition coefficient (Wildman–Crippen LogP) is 4.48. The van der Waals surface area contributed by atoms with E-state index in [-0.39, 0.29) is 5.78 Å². The Kier molecular flexibility index (Phi) is 5.14. The lowest BCUT2D eigenvalue weighted by molar-refractivity contribution is 0.0956. The molecule has 4 aromatic rings. The second-order valence-corrected chi connectivity index (χ2v) is 8.80. The summed E-state index contributed by atoms with van der Waals surface area (Å²) in [5.41, 5.74) is 3.89. The van der Waals surface area contributed by atoms with Crippen molar-refractivity contribution in [2.24, 2.45) is 5.92 Å². The fraction of sp³-hybridized carbons (Fsp3) is 0.304. The molecule has 0 amide bonds. The number of nitrogens with zero attached hydrogens (tertiary/aromatic N) is 4. The molecular weight excluding hydrogens is 394 g/mol. The van der Waals surface area contributed by atoms with Gasteiger partial charge in [0.25, 0.3) is 0 Å². The summed E-state index contributed by atoms with van der Waals surface area (Å²) in [7, 11) is 0. The van der Waals surface area contributed by atoms with Crippen LogP contribution in [0, 0.1) is 5.92 Å². The van der Waals surface area contributed by atoms with Crippen LogP contribution in [-0.4, -0.2) is 38.0 Å². The van der Waals surface area contributed by atoms with Crippen molar-refractivity contribution in [1.29, 1.82) is 0 Å². The average Bonchev–Trinajstić information content (AvgIpc) is 3.55. The van der Waals surface area contributed by atoms with Gasteiger partial charge in [-0.15, -0.1) is 11.3 Å². The summed E-state index contributed by atoms with van der Waals surface area (Å²) in [6.07, 6.45) is 8.26. The third kappa shape index (κ3) is 3.66. The lowest BCUT2D eigenvalue weighted by Gasteiger charge is -2.18. The van der Waals surface area contributed by atoms with E-state index in [1.807, 2.05) is 29.8 Å². The van der Waals surface area contributed by atoms with Crippen molar-refractivity contribution in [3.8, 4) is 21.8 Å². The molecule has 5 heterocycles. The van der Waals surface area contributed by atoms with E-state index in [4.69, 9.17) is 4.98 Å². The SMILES string of the molecule is C[C@@H](CC(=O)c1ccnc(-c2cnn3ccc(-c4cccs4)nc23)c1)[C@@H]1CCCN1. The summed E-state index contributed by atoms with van der Waals surface area (Å²) in [6.45, 7) is 3.21. The van der Waals surface area contributed by atoms with E-state index in [1.54, 1.807) is 34.3 Å². The van der Waals surface area contributed by atoms with Crippen LogP contribution in [0.4, 0.5) is 0 Å². The van der Waals surface area contributed by atoms with Crippen LogP contribution in [0.1, 0.15) is 36.5 Å². The lowest BCUT2D eigenvalue weighted by atomic mass is 9.92. The molecule has 0 saturated carbocycles. The molecule has 0 unspecified atom stereocenters. The molecule has 4 aromatic heterocycles. The van der Waals surface area contributed by atoms with Crippen molar-refractivity contribution in [1.82, 2.24) is 24.9 Å². The maximum atomic E-state index is 12.9. The smallest absolute Gasteiger partial charge is 0.165 e. The van der Waals surface area contributed by atoms with Crippen molar-refractivity contribution in [3.05, 3.63) is 59.9 Å². The van der Waals surface area contributed by atoms with Crippen LogP contribution < -0.4 is 5.32 Å². The standard InChI is InChI=1S/C23H23N5OS/c1-15(18-4-2-8-24-18)12-21(29)16-6-9-25-20(13-16)17-14-26-28-10-7-19(27-23(17)28)22-5-3-11-30-22/h3,5-7,9-11,13-15,18,24H,2,4,8,12H2,1H3/t15-,18-/m0/s1. The summed E-state index contributed by atoms with van der Waals surface area (Å²) in [5, 5.41) is 9.96. The van der Waals surface area contributed by atoms with Crippen LogP contribution in [0.25, 0.3) is 27.5 Å². The van der Waals surface area contributed by atoms with Gasteiger partial charge in [-0.05, 0) is 54.9 Å². The van der Waals surface area contributed by atoms with Crippen LogP contribution in [0.5, 0.6) is 0 Å². The van der Waals surface area contributed by atoms with E-state index in [0.717, 1.165) is 40.4 Å². The number of hydrogen-bond acceptors (Lipinski definition) is 6. The Morgan fingerprint density at radius 2 is 2.27 bits per heavy atom. The number of hydrogen-bond donors (Lipinski definition) is 1. The first-order valence-electron chi connectivity index (χ1n) is 10.3. The summed E-state index contributed by atoms with van der Waals surface area (Å²) in [4.78, 5) is 23.3. The Bertz CT molecular complexity index is 1180.